The Bertz CT molecular complexity index is 2050. The maximum atomic E-state index is 14.5. The Hall–Kier alpha value is -5.04. The number of hydrogen-bond acceptors (Lipinski definition) is 7. The van der Waals surface area contributed by atoms with Crippen molar-refractivity contribution in [3.8, 4) is 0 Å². The highest BCUT2D eigenvalue weighted by Gasteiger charge is 2.40. The highest BCUT2D eigenvalue weighted by Crippen LogP contribution is 2.42. The van der Waals surface area contributed by atoms with Crippen LogP contribution in [-0.4, -0.2) is 64.6 Å². The highest BCUT2D eigenvalue weighted by molar-refractivity contribution is 7.07. The van der Waals surface area contributed by atoms with Gasteiger partial charge in [0.25, 0.3) is 0 Å². The van der Waals surface area contributed by atoms with E-state index >= 15 is 0 Å². The molecule has 13 heteroatoms. The third-order valence-electron chi connectivity index (χ3n) is 9.88. The van der Waals surface area contributed by atoms with Gasteiger partial charge in [-0.2, -0.15) is 11.3 Å². The molecule has 0 saturated carbocycles. The molecule has 2 atom stereocenters. The number of nitrogens with zero attached hydrogens (tertiary/aromatic N) is 3. The molecular formula is C41H48FN5O6S. The van der Waals surface area contributed by atoms with Gasteiger partial charge in [0.2, 0.25) is 17.7 Å². The number of halogens is 1. The minimum Gasteiger partial charge on any atom is -0.444 e. The lowest BCUT2D eigenvalue weighted by Crippen LogP contribution is -2.59. The Morgan fingerprint density at radius 2 is 1.81 bits per heavy atom. The topological polar surface area (TPSA) is 130 Å². The van der Waals surface area contributed by atoms with Gasteiger partial charge in [0.1, 0.15) is 17.8 Å². The van der Waals surface area contributed by atoms with Crippen LogP contribution in [0.3, 0.4) is 0 Å². The van der Waals surface area contributed by atoms with Crippen molar-refractivity contribution in [2.24, 2.45) is 5.92 Å². The number of ketones is 1. The normalized spacial score (nSPS) is 16.7. The number of nitrogens with one attached hydrogen (secondary N) is 2. The number of amides is 4. The van der Waals surface area contributed by atoms with Crippen LogP contribution in [0.2, 0.25) is 0 Å². The third-order valence-corrected chi connectivity index (χ3v) is 10.6. The first-order valence-electron chi connectivity index (χ1n) is 18.4. The van der Waals surface area contributed by atoms with Gasteiger partial charge in [0.05, 0.1) is 30.5 Å². The predicted octanol–water partition coefficient (Wildman–Crippen LogP) is 6.49. The summed E-state index contributed by atoms with van der Waals surface area (Å²) in [7, 11) is 0. The number of carbonyl (C=O) groups excluding carboxylic acids is 5. The van der Waals surface area contributed by atoms with Crippen molar-refractivity contribution in [1.82, 2.24) is 15.2 Å². The van der Waals surface area contributed by atoms with Crippen LogP contribution in [0, 0.1) is 5.92 Å². The maximum Gasteiger partial charge on any atom is 0.408 e. The molecule has 4 amide bonds. The average Bonchev–Trinajstić information content (AvgIpc) is 3.86. The molecule has 1 unspecified atom stereocenters. The number of carbonyl (C=O) groups is 5. The van der Waals surface area contributed by atoms with Gasteiger partial charge < -0.3 is 29.7 Å². The number of Topliss-reactive ketones (excluding diaryl/α,β-unsaturated/α-hetero) is 1. The summed E-state index contributed by atoms with van der Waals surface area (Å²) in [6, 6.07) is 14.0. The molecule has 0 bridgehead atoms. The van der Waals surface area contributed by atoms with Crippen molar-refractivity contribution < 1.29 is 33.1 Å². The van der Waals surface area contributed by atoms with Gasteiger partial charge in [0, 0.05) is 48.8 Å². The number of ether oxygens (including phenoxy) is 1. The fraction of sp³-hybridized carbons (Fsp3) is 0.439. The summed E-state index contributed by atoms with van der Waals surface area (Å²) in [6.07, 6.45) is 2.38. The van der Waals surface area contributed by atoms with Crippen molar-refractivity contribution in [3.05, 3.63) is 82.2 Å². The van der Waals surface area contributed by atoms with Crippen LogP contribution in [-0.2, 0) is 49.8 Å². The van der Waals surface area contributed by atoms with Crippen LogP contribution >= 0.6 is 11.3 Å². The van der Waals surface area contributed by atoms with E-state index in [4.69, 9.17) is 4.74 Å². The van der Waals surface area contributed by atoms with E-state index in [1.807, 2.05) is 59.3 Å². The number of rotatable bonds is 13. The van der Waals surface area contributed by atoms with E-state index < -0.39 is 41.8 Å². The lowest BCUT2D eigenvalue weighted by molar-refractivity contribution is -0.132. The molecule has 11 nitrogen and oxygen atoms in total. The molecule has 2 aliphatic heterocycles. The first kappa shape index (κ1) is 38.7. The van der Waals surface area contributed by atoms with E-state index in [1.165, 1.54) is 25.2 Å². The summed E-state index contributed by atoms with van der Waals surface area (Å²) in [6.45, 7) is 8.58. The molecule has 2 N–H and O–H groups in total. The summed E-state index contributed by atoms with van der Waals surface area (Å²) < 4.78 is 20.7. The van der Waals surface area contributed by atoms with E-state index in [1.54, 1.807) is 41.3 Å². The lowest BCUT2D eigenvalue weighted by Gasteiger charge is -2.37. The van der Waals surface area contributed by atoms with Gasteiger partial charge in [-0.15, -0.1) is 0 Å². The van der Waals surface area contributed by atoms with Crippen molar-refractivity contribution in [1.29, 1.82) is 0 Å². The Morgan fingerprint density at radius 3 is 2.50 bits per heavy atom. The van der Waals surface area contributed by atoms with Gasteiger partial charge in [-0.25, -0.2) is 9.18 Å². The zero-order valence-corrected chi connectivity index (χ0v) is 32.3. The van der Waals surface area contributed by atoms with E-state index in [-0.39, 0.29) is 49.9 Å². The molecular weight excluding hydrogens is 710 g/mol. The van der Waals surface area contributed by atoms with Gasteiger partial charge in [-0.3, -0.25) is 19.2 Å². The summed E-state index contributed by atoms with van der Waals surface area (Å²) in [5, 5.41) is 10.2. The molecule has 2 aromatic heterocycles. The molecule has 2 aromatic carbocycles. The van der Waals surface area contributed by atoms with E-state index in [0.717, 1.165) is 34.0 Å². The number of hydrogen-bond donors (Lipinski definition) is 2. The van der Waals surface area contributed by atoms with Crippen LogP contribution < -0.4 is 20.4 Å². The first-order chi connectivity index (χ1) is 25.6. The summed E-state index contributed by atoms with van der Waals surface area (Å²) in [5.41, 5.74) is 2.44. The first-order valence-corrected chi connectivity index (χ1v) is 19.3. The fourth-order valence-corrected chi connectivity index (χ4v) is 7.97. The predicted molar refractivity (Wildman–Crippen MR) is 207 cm³/mol. The molecule has 0 aliphatic carbocycles. The van der Waals surface area contributed by atoms with E-state index in [9.17, 15) is 28.4 Å². The molecule has 4 aromatic rings. The second-order valence-electron chi connectivity index (χ2n) is 15.6. The van der Waals surface area contributed by atoms with Crippen LogP contribution in [0.5, 0.6) is 0 Å². The number of aromatic nitrogens is 1. The average molecular weight is 758 g/mol. The molecule has 4 heterocycles. The van der Waals surface area contributed by atoms with E-state index in [0.29, 0.717) is 24.3 Å². The minimum atomic E-state index is -1.47. The van der Waals surface area contributed by atoms with Crippen LogP contribution in [0.4, 0.5) is 20.6 Å². The Morgan fingerprint density at radius 1 is 1.04 bits per heavy atom. The quantitative estimate of drug-likeness (QED) is 0.160. The van der Waals surface area contributed by atoms with Gasteiger partial charge >= 0.3 is 6.09 Å². The third kappa shape index (κ3) is 8.51. The van der Waals surface area contributed by atoms with Gasteiger partial charge in [-0.1, -0.05) is 30.3 Å². The number of alkyl carbamates (subject to hydrolysis) is 1. The molecule has 6 rings (SSSR count). The number of benzene rings is 2. The number of fused-ring (bicyclic) bond motifs is 2. The minimum absolute atomic E-state index is 0.0131. The van der Waals surface area contributed by atoms with Crippen molar-refractivity contribution >= 4 is 63.2 Å². The maximum absolute atomic E-state index is 14.5. The molecule has 286 valence electrons. The molecule has 0 radical (unpaired) electrons. The second kappa shape index (κ2) is 15.7. The highest BCUT2D eigenvalue weighted by atomic mass is 32.1. The largest absolute Gasteiger partial charge is 0.444 e. The zero-order valence-electron chi connectivity index (χ0n) is 31.4. The monoisotopic (exact) mass is 757 g/mol. The Balaban J connectivity index is 1.32. The molecule has 54 heavy (non-hydrogen) atoms. The molecule has 0 spiro atoms. The van der Waals surface area contributed by atoms with Crippen LogP contribution in [0.1, 0.15) is 70.6 Å². The number of thiophene rings is 1. The summed E-state index contributed by atoms with van der Waals surface area (Å²) in [4.78, 5) is 72.0. The summed E-state index contributed by atoms with van der Waals surface area (Å²) >= 11 is 1.52. The van der Waals surface area contributed by atoms with Crippen molar-refractivity contribution in [3.63, 3.8) is 0 Å². The molecule has 2 aliphatic rings. The van der Waals surface area contributed by atoms with Crippen LogP contribution in [0.25, 0.3) is 10.9 Å². The second-order valence-corrected chi connectivity index (χ2v) is 16.4. The number of para-hydroxylation sites is 2. The van der Waals surface area contributed by atoms with Gasteiger partial charge in [0.15, 0.2) is 5.78 Å². The van der Waals surface area contributed by atoms with Crippen molar-refractivity contribution in [2.45, 2.75) is 97.0 Å². The number of aryl methyl sites for hydroxylation is 1. The zero-order chi connectivity index (χ0) is 38.8. The molecule has 1 fully saturated rings. The smallest absolute Gasteiger partial charge is 0.408 e. The SMILES string of the molecule is CC(C)(C)OC(=O)NC(C)(C)C(=O)N[C@H](Cc1cn(CCF)c2ccccc12)C(=O)CC1Cc2cccc(N3CCCC3=O)c2N(Cc2ccsc2)C1=O. The van der Waals surface area contributed by atoms with Crippen molar-refractivity contribution in [2.75, 3.05) is 23.0 Å². The Kier molecular flexibility index (Phi) is 11.3. The standard InChI is InChI=1S/C41H48FN5O6S/c1-40(2,3)53-39(52)44-41(4,5)38(51)43-31(21-29-24-45(18-16-42)32-12-7-6-11-30(29)32)34(48)22-28-20-27-10-8-13-33(46-17-9-14-35(46)49)36(27)47(37(28)50)23-26-15-19-54-25-26/h6-8,10-13,15,19,24-25,28,31H,9,14,16-18,20-23H2,1-5H3,(H,43,51)(H,44,52)/t28?,31-/m1/s1. The van der Waals surface area contributed by atoms with Gasteiger partial charge in [-0.05, 0) is 93.1 Å². The fourth-order valence-electron chi connectivity index (χ4n) is 7.31. The molecule has 1 saturated heterocycles. The van der Waals surface area contributed by atoms with Crippen LogP contribution in [0.15, 0.2) is 65.5 Å². The number of anilines is 2. The lowest BCUT2D eigenvalue weighted by atomic mass is 9.85. The van der Waals surface area contributed by atoms with E-state index in [2.05, 4.69) is 10.6 Å². The summed E-state index contributed by atoms with van der Waals surface area (Å²) in [5.74, 6) is -1.94. The Labute approximate surface area is 318 Å². The number of alkyl halides is 1.